The Hall–Kier alpha value is -0.180. The molecule has 12 heavy (non-hydrogen) atoms. The molecule has 2 nitrogen and oxygen atoms in total. The molecular formula is C9H20N2S. The Morgan fingerprint density at radius 3 is 2.83 bits per heavy atom. The van der Waals surface area contributed by atoms with Gasteiger partial charge >= 0.3 is 0 Å². The quantitative estimate of drug-likeness (QED) is 0.287. The van der Waals surface area contributed by atoms with Crippen molar-refractivity contribution in [1.82, 2.24) is 4.72 Å². The number of hydrogen-bond donors (Lipinski definition) is 1. The van der Waals surface area contributed by atoms with Crippen LogP contribution in [0.3, 0.4) is 0 Å². The molecule has 0 aromatic rings. The summed E-state index contributed by atoms with van der Waals surface area (Å²) in [5.41, 5.74) is 0. The van der Waals surface area contributed by atoms with E-state index in [1.807, 2.05) is 6.34 Å². The molecule has 1 unspecified atom stereocenters. The zero-order chi connectivity index (χ0) is 9.23. The van der Waals surface area contributed by atoms with Crippen LogP contribution in [0.15, 0.2) is 4.99 Å². The highest BCUT2D eigenvalue weighted by Crippen LogP contribution is 1.98. The third-order valence-electron chi connectivity index (χ3n) is 1.66. The molecule has 1 N–H and O–H groups in total. The summed E-state index contributed by atoms with van der Waals surface area (Å²) in [5, 5.41) is 0. The van der Waals surface area contributed by atoms with Gasteiger partial charge in [-0.05, 0) is 19.8 Å². The van der Waals surface area contributed by atoms with Crippen molar-refractivity contribution >= 4 is 18.3 Å². The molecule has 3 heteroatoms. The molecule has 0 saturated heterocycles. The van der Waals surface area contributed by atoms with E-state index in [0.29, 0.717) is 6.04 Å². The predicted molar refractivity (Wildman–Crippen MR) is 58.7 cm³/mol. The Bertz CT molecular complexity index is 115. The van der Waals surface area contributed by atoms with Crippen LogP contribution in [0.25, 0.3) is 0 Å². The minimum absolute atomic E-state index is 0.448. The van der Waals surface area contributed by atoms with Gasteiger partial charge in [-0.1, -0.05) is 32.2 Å². The summed E-state index contributed by atoms with van der Waals surface area (Å²) in [7, 11) is 0. The molecule has 0 rings (SSSR count). The zero-order valence-electron chi connectivity index (χ0n) is 8.34. The number of unbranched alkanes of at least 4 members (excludes halogenated alkanes) is 1. The van der Waals surface area contributed by atoms with Gasteiger partial charge in [-0.2, -0.15) is 0 Å². The SMILES string of the molecule is CCCCSNC=NC(C)CC. The van der Waals surface area contributed by atoms with Crippen LogP contribution in [0.4, 0.5) is 0 Å². The summed E-state index contributed by atoms with van der Waals surface area (Å²) in [6.07, 6.45) is 5.46. The zero-order valence-corrected chi connectivity index (χ0v) is 9.16. The minimum atomic E-state index is 0.448. The molecule has 72 valence electrons. The van der Waals surface area contributed by atoms with Crippen LogP contribution in [0, 0.1) is 0 Å². The monoisotopic (exact) mass is 188 g/mol. The maximum absolute atomic E-state index is 4.28. The van der Waals surface area contributed by atoms with Crippen LogP contribution in [0.1, 0.15) is 40.0 Å². The van der Waals surface area contributed by atoms with E-state index in [1.54, 1.807) is 11.9 Å². The number of nitrogens with zero attached hydrogens (tertiary/aromatic N) is 1. The molecule has 0 aliphatic heterocycles. The van der Waals surface area contributed by atoms with Gasteiger partial charge in [-0.25, -0.2) is 0 Å². The molecular weight excluding hydrogens is 168 g/mol. The Morgan fingerprint density at radius 1 is 1.50 bits per heavy atom. The second kappa shape index (κ2) is 8.91. The molecule has 0 heterocycles. The molecule has 0 bridgehead atoms. The molecule has 0 fully saturated rings. The van der Waals surface area contributed by atoms with Crippen molar-refractivity contribution in [2.75, 3.05) is 5.75 Å². The van der Waals surface area contributed by atoms with Gasteiger partial charge in [0.05, 0.1) is 6.34 Å². The van der Waals surface area contributed by atoms with Gasteiger partial charge in [0.2, 0.25) is 0 Å². The Morgan fingerprint density at radius 2 is 2.25 bits per heavy atom. The van der Waals surface area contributed by atoms with Crippen LogP contribution in [-0.4, -0.2) is 18.1 Å². The van der Waals surface area contributed by atoms with Gasteiger partial charge in [0.1, 0.15) is 0 Å². The molecule has 1 atom stereocenters. The van der Waals surface area contributed by atoms with Crippen LogP contribution in [0.2, 0.25) is 0 Å². The average molecular weight is 188 g/mol. The lowest BCUT2D eigenvalue weighted by molar-refractivity contribution is 0.718. The van der Waals surface area contributed by atoms with E-state index in [-0.39, 0.29) is 0 Å². The van der Waals surface area contributed by atoms with Gasteiger partial charge in [0, 0.05) is 11.8 Å². The van der Waals surface area contributed by atoms with Gasteiger partial charge in [-0.3, -0.25) is 4.99 Å². The summed E-state index contributed by atoms with van der Waals surface area (Å²) in [5.74, 6) is 1.17. The van der Waals surface area contributed by atoms with Crippen LogP contribution in [0.5, 0.6) is 0 Å². The first-order valence-electron chi connectivity index (χ1n) is 4.70. The van der Waals surface area contributed by atoms with Crippen molar-refractivity contribution in [2.24, 2.45) is 4.99 Å². The van der Waals surface area contributed by atoms with E-state index in [0.717, 1.165) is 6.42 Å². The van der Waals surface area contributed by atoms with Crippen molar-refractivity contribution in [3.8, 4) is 0 Å². The fourth-order valence-electron chi connectivity index (χ4n) is 0.576. The van der Waals surface area contributed by atoms with E-state index in [9.17, 15) is 0 Å². The Balaban J connectivity index is 3.12. The minimum Gasteiger partial charge on any atom is -0.321 e. The van der Waals surface area contributed by atoms with E-state index in [1.165, 1.54) is 18.6 Å². The highest BCUT2D eigenvalue weighted by Gasteiger charge is 1.89. The molecule has 0 amide bonds. The Kier molecular flexibility index (Phi) is 8.78. The second-order valence-electron chi connectivity index (χ2n) is 2.86. The summed E-state index contributed by atoms with van der Waals surface area (Å²) < 4.78 is 3.11. The molecule has 0 aliphatic carbocycles. The lowest BCUT2D eigenvalue weighted by atomic mass is 10.3. The van der Waals surface area contributed by atoms with E-state index in [2.05, 4.69) is 30.5 Å². The predicted octanol–water partition coefficient (Wildman–Crippen LogP) is 2.85. The number of hydrogen-bond acceptors (Lipinski definition) is 2. The van der Waals surface area contributed by atoms with Crippen molar-refractivity contribution in [1.29, 1.82) is 0 Å². The van der Waals surface area contributed by atoms with Crippen LogP contribution < -0.4 is 4.72 Å². The lowest BCUT2D eigenvalue weighted by Crippen LogP contribution is -2.04. The summed E-state index contributed by atoms with van der Waals surface area (Å²) in [6.45, 7) is 6.47. The maximum Gasteiger partial charge on any atom is 0.0926 e. The van der Waals surface area contributed by atoms with E-state index in [4.69, 9.17) is 0 Å². The third-order valence-corrected chi connectivity index (χ3v) is 2.42. The van der Waals surface area contributed by atoms with Crippen LogP contribution in [-0.2, 0) is 0 Å². The largest absolute Gasteiger partial charge is 0.321 e. The molecule has 0 aliphatic rings. The average Bonchev–Trinajstić information content (AvgIpc) is 2.10. The third kappa shape index (κ3) is 7.92. The number of rotatable bonds is 7. The first-order chi connectivity index (χ1) is 5.81. The smallest absolute Gasteiger partial charge is 0.0926 e. The van der Waals surface area contributed by atoms with Crippen molar-refractivity contribution < 1.29 is 0 Å². The summed E-state index contributed by atoms with van der Waals surface area (Å²) in [4.78, 5) is 4.28. The maximum atomic E-state index is 4.28. The van der Waals surface area contributed by atoms with Gasteiger partial charge in [0.15, 0.2) is 0 Å². The first kappa shape index (κ1) is 11.8. The second-order valence-corrected chi connectivity index (χ2v) is 3.79. The van der Waals surface area contributed by atoms with Gasteiger partial charge < -0.3 is 4.72 Å². The van der Waals surface area contributed by atoms with E-state index >= 15 is 0 Å². The Labute approximate surface area is 80.4 Å². The first-order valence-corrected chi connectivity index (χ1v) is 5.68. The van der Waals surface area contributed by atoms with Gasteiger partial charge in [-0.15, -0.1) is 0 Å². The molecule has 0 spiro atoms. The van der Waals surface area contributed by atoms with Crippen molar-refractivity contribution in [3.63, 3.8) is 0 Å². The van der Waals surface area contributed by atoms with Crippen molar-refractivity contribution in [3.05, 3.63) is 0 Å². The topological polar surface area (TPSA) is 24.4 Å². The number of aliphatic imine (C=N–C) groups is 1. The molecule has 0 aromatic carbocycles. The normalized spacial score (nSPS) is 13.6. The van der Waals surface area contributed by atoms with Crippen LogP contribution >= 0.6 is 11.9 Å². The van der Waals surface area contributed by atoms with E-state index < -0.39 is 0 Å². The highest BCUT2D eigenvalue weighted by molar-refractivity contribution is 7.97. The van der Waals surface area contributed by atoms with Gasteiger partial charge in [0.25, 0.3) is 0 Å². The summed E-state index contributed by atoms with van der Waals surface area (Å²) in [6, 6.07) is 0.448. The fourth-order valence-corrected chi connectivity index (χ4v) is 1.26. The standard InChI is InChI=1S/C9H20N2S/c1-4-6-7-12-11-8-10-9(3)5-2/h8-9H,4-7H2,1-3H3,(H,10,11). The summed E-state index contributed by atoms with van der Waals surface area (Å²) >= 11 is 1.73. The fraction of sp³-hybridized carbons (Fsp3) is 0.889. The molecule has 0 radical (unpaired) electrons. The molecule has 0 saturated carbocycles. The van der Waals surface area contributed by atoms with Crippen molar-refractivity contribution in [2.45, 2.75) is 46.1 Å². The highest BCUT2D eigenvalue weighted by atomic mass is 32.2. The number of nitrogens with one attached hydrogen (secondary N) is 1. The molecule has 0 aromatic heterocycles. The lowest BCUT2D eigenvalue weighted by Gasteiger charge is -2.01.